The lowest BCUT2D eigenvalue weighted by molar-refractivity contribution is 0.354. The van der Waals surface area contributed by atoms with Crippen LogP contribution in [0.15, 0.2) is 103 Å². The van der Waals surface area contributed by atoms with E-state index in [0.717, 1.165) is 49.5 Å². The summed E-state index contributed by atoms with van der Waals surface area (Å²) in [6.07, 6.45) is 1.67. The van der Waals surface area contributed by atoms with Gasteiger partial charge in [-0.3, -0.25) is 0 Å². The molecule has 0 saturated heterocycles. The summed E-state index contributed by atoms with van der Waals surface area (Å²) in [5.74, 6) is 2.97. The van der Waals surface area contributed by atoms with Gasteiger partial charge < -0.3 is 14.2 Å². The Morgan fingerprint density at radius 3 is 2.32 bits per heavy atom. The largest absolute Gasteiger partial charge is 0.493 e. The molecule has 7 nitrogen and oxygen atoms in total. The van der Waals surface area contributed by atoms with Crippen LogP contribution in [0.2, 0.25) is 0 Å². The summed E-state index contributed by atoms with van der Waals surface area (Å²) in [7, 11) is 3.29. The van der Waals surface area contributed by atoms with Gasteiger partial charge in [0.2, 0.25) is 5.88 Å². The average Bonchev–Trinajstić information content (AvgIpc) is 3.47. The van der Waals surface area contributed by atoms with E-state index in [-0.39, 0.29) is 5.92 Å². The molecule has 41 heavy (non-hydrogen) atoms. The first-order chi connectivity index (χ1) is 20.2. The molecule has 2 aromatic heterocycles. The molecule has 7 heteroatoms. The molecule has 7 aromatic rings. The number of fused-ring (bicyclic) bond motifs is 7. The zero-order chi connectivity index (χ0) is 27.5. The Morgan fingerprint density at radius 1 is 0.732 bits per heavy atom. The zero-order valence-corrected chi connectivity index (χ0v) is 22.4. The van der Waals surface area contributed by atoms with Gasteiger partial charge in [-0.2, -0.15) is 0 Å². The summed E-state index contributed by atoms with van der Waals surface area (Å²) in [5.41, 5.74) is 4.56. The molecule has 0 unspecified atom stereocenters. The Labute approximate surface area is 235 Å². The number of hydrogen-bond donors (Lipinski definition) is 0. The van der Waals surface area contributed by atoms with Gasteiger partial charge >= 0.3 is 0 Å². The van der Waals surface area contributed by atoms with Gasteiger partial charge in [0.25, 0.3) is 0 Å². The molecule has 0 aliphatic carbocycles. The van der Waals surface area contributed by atoms with Crippen LogP contribution in [0, 0.1) is 0 Å². The summed E-state index contributed by atoms with van der Waals surface area (Å²) in [5, 5.41) is 9.35. The smallest absolute Gasteiger partial charge is 0.228 e. The fourth-order valence-electron chi connectivity index (χ4n) is 6.00. The Bertz CT molecular complexity index is 2130. The maximum absolute atomic E-state index is 6.48. The third kappa shape index (κ3) is 3.55. The number of ether oxygens (including phenoxy) is 3. The molecule has 0 amide bonds. The Morgan fingerprint density at radius 2 is 1.49 bits per heavy atom. The van der Waals surface area contributed by atoms with Crippen LogP contribution in [0.3, 0.4) is 0 Å². The van der Waals surface area contributed by atoms with Gasteiger partial charge in [-0.05, 0) is 45.3 Å². The van der Waals surface area contributed by atoms with Gasteiger partial charge in [0, 0.05) is 17.0 Å². The Kier molecular flexibility index (Phi) is 5.18. The van der Waals surface area contributed by atoms with E-state index < -0.39 is 0 Å². The highest BCUT2D eigenvalue weighted by Gasteiger charge is 2.35. The van der Waals surface area contributed by atoms with Crippen LogP contribution >= 0.6 is 0 Å². The van der Waals surface area contributed by atoms with E-state index in [0.29, 0.717) is 28.9 Å². The molecular formula is C34H24N4O3. The van der Waals surface area contributed by atoms with Crippen LogP contribution in [-0.4, -0.2) is 33.8 Å². The minimum absolute atomic E-state index is 0.250. The highest BCUT2D eigenvalue weighted by Crippen LogP contribution is 2.51. The number of rotatable bonds is 4. The highest BCUT2D eigenvalue weighted by molar-refractivity contribution is 5.95. The predicted octanol–water partition coefficient (Wildman–Crippen LogP) is 7.40. The van der Waals surface area contributed by atoms with E-state index in [1.54, 1.807) is 25.1 Å². The number of methoxy groups -OCH3 is 2. The molecular weight excluding hydrogens is 512 g/mol. The van der Waals surface area contributed by atoms with Crippen molar-refractivity contribution >= 4 is 27.2 Å². The maximum atomic E-state index is 6.48. The SMILES string of the molecule is COc1ccc([C@@H]2c3c(ccc4ccccc34)Oc3ncn4nc(-c5cccc6ccccc56)nc4c32)cc1OC. The third-order valence-corrected chi connectivity index (χ3v) is 7.87. The molecule has 0 radical (unpaired) electrons. The van der Waals surface area contributed by atoms with Crippen LogP contribution in [0.25, 0.3) is 38.6 Å². The second-order valence-corrected chi connectivity index (χ2v) is 10.0. The maximum Gasteiger partial charge on any atom is 0.228 e. The first kappa shape index (κ1) is 23.5. The standard InChI is InChI=1S/C34H24N4O3/c1-39-26-16-15-22(18-28(26)40-2)29-30-24-12-6-4-9-21(24)14-17-27(30)41-34-31(29)33-36-32(37-38(33)19-35-34)25-13-7-10-20-8-3-5-11-23(20)25/h3-19,29H,1-2H3/t29-/m1/s1. The monoisotopic (exact) mass is 536 g/mol. The zero-order valence-electron chi connectivity index (χ0n) is 22.4. The van der Waals surface area contributed by atoms with Gasteiger partial charge in [-0.15, -0.1) is 5.10 Å². The van der Waals surface area contributed by atoms with Crippen molar-refractivity contribution in [1.29, 1.82) is 0 Å². The summed E-state index contributed by atoms with van der Waals surface area (Å²) in [6.45, 7) is 0. The first-order valence-corrected chi connectivity index (χ1v) is 13.4. The highest BCUT2D eigenvalue weighted by atomic mass is 16.5. The molecule has 198 valence electrons. The van der Waals surface area contributed by atoms with E-state index >= 15 is 0 Å². The first-order valence-electron chi connectivity index (χ1n) is 13.4. The van der Waals surface area contributed by atoms with Crippen molar-refractivity contribution in [2.75, 3.05) is 14.2 Å². The molecule has 0 spiro atoms. The van der Waals surface area contributed by atoms with Crippen LogP contribution in [0.5, 0.6) is 23.1 Å². The van der Waals surface area contributed by atoms with E-state index in [9.17, 15) is 0 Å². The molecule has 0 bridgehead atoms. The van der Waals surface area contributed by atoms with Crippen LogP contribution in [0.1, 0.15) is 22.6 Å². The van der Waals surface area contributed by atoms with Gasteiger partial charge in [0.1, 0.15) is 12.1 Å². The lowest BCUT2D eigenvalue weighted by atomic mass is 9.81. The molecule has 3 heterocycles. The number of hydrogen-bond acceptors (Lipinski definition) is 6. The van der Waals surface area contributed by atoms with E-state index in [1.807, 2.05) is 42.5 Å². The lowest BCUT2D eigenvalue weighted by Crippen LogP contribution is -2.15. The Hall–Kier alpha value is -5.43. The van der Waals surface area contributed by atoms with E-state index in [1.165, 1.54) is 0 Å². The fraction of sp³-hybridized carbons (Fsp3) is 0.0882. The van der Waals surface area contributed by atoms with Crippen molar-refractivity contribution in [3.8, 4) is 34.5 Å². The number of nitrogens with zero attached hydrogens (tertiary/aromatic N) is 4. The molecule has 1 aliphatic rings. The lowest BCUT2D eigenvalue weighted by Gasteiger charge is -2.29. The summed E-state index contributed by atoms with van der Waals surface area (Å²) < 4.78 is 19.5. The second-order valence-electron chi connectivity index (χ2n) is 10.0. The molecule has 0 saturated carbocycles. The van der Waals surface area contributed by atoms with E-state index in [4.69, 9.17) is 29.3 Å². The molecule has 0 N–H and O–H groups in total. The normalized spacial score (nSPS) is 14.0. The van der Waals surface area contributed by atoms with Gasteiger partial charge in [-0.25, -0.2) is 14.5 Å². The second kappa shape index (κ2) is 9.06. The van der Waals surface area contributed by atoms with Gasteiger partial charge in [0.15, 0.2) is 23.0 Å². The summed E-state index contributed by atoms with van der Waals surface area (Å²) in [4.78, 5) is 9.86. The average molecular weight is 537 g/mol. The molecule has 1 atom stereocenters. The van der Waals surface area contributed by atoms with E-state index in [2.05, 4.69) is 54.6 Å². The Balaban J connectivity index is 1.43. The van der Waals surface area contributed by atoms with Crippen molar-refractivity contribution in [3.05, 3.63) is 120 Å². The number of aromatic nitrogens is 4. The predicted molar refractivity (Wildman–Crippen MR) is 158 cm³/mol. The van der Waals surface area contributed by atoms with Crippen molar-refractivity contribution < 1.29 is 14.2 Å². The molecule has 0 fully saturated rings. The van der Waals surface area contributed by atoms with Crippen molar-refractivity contribution in [1.82, 2.24) is 19.6 Å². The van der Waals surface area contributed by atoms with Gasteiger partial charge in [0.05, 0.1) is 19.8 Å². The minimum atomic E-state index is -0.250. The van der Waals surface area contributed by atoms with Gasteiger partial charge in [-0.1, -0.05) is 78.9 Å². The quantitative estimate of drug-likeness (QED) is 0.233. The van der Waals surface area contributed by atoms with Crippen molar-refractivity contribution in [2.45, 2.75) is 5.92 Å². The molecule has 5 aromatic carbocycles. The third-order valence-electron chi connectivity index (χ3n) is 7.87. The fourth-order valence-corrected chi connectivity index (χ4v) is 6.00. The summed E-state index contributed by atoms with van der Waals surface area (Å²) in [6, 6.07) is 32.9. The van der Waals surface area contributed by atoms with Crippen molar-refractivity contribution in [2.24, 2.45) is 0 Å². The summed E-state index contributed by atoms with van der Waals surface area (Å²) >= 11 is 0. The topological polar surface area (TPSA) is 70.8 Å². The number of benzene rings is 5. The minimum Gasteiger partial charge on any atom is -0.493 e. The van der Waals surface area contributed by atoms with Crippen LogP contribution in [0.4, 0.5) is 0 Å². The van der Waals surface area contributed by atoms with Crippen LogP contribution in [-0.2, 0) is 0 Å². The van der Waals surface area contributed by atoms with Crippen molar-refractivity contribution in [3.63, 3.8) is 0 Å². The van der Waals surface area contributed by atoms with Crippen LogP contribution < -0.4 is 14.2 Å². The molecule has 8 rings (SSSR count). The molecule has 1 aliphatic heterocycles.